The monoisotopic (exact) mass is 337 g/mol. The third-order valence-corrected chi connectivity index (χ3v) is 4.88. The molecule has 3 nitrogen and oxygen atoms in total. The molecule has 2 aromatic rings. The molecular weight excluding hydrogens is 310 g/mol. The molecule has 25 heavy (non-hydrogen) atoms. The number of ether oxygens (including phenoxy) is 1. The number of amides is 1. The highest BCUT2D eigenvalue weighted by Gasteiger charge is 2.14. The number of rotatable bonds is 7. The van der Waals surface area contributed by atoms with Crippen LogP contribution in [0.4, 0.5) is 0 Å². The second-order valence-electron chi connectivity index (χ2n) is 6.87. The van der Waals surface area contributed by atoms with Gasteiger partial charge in [0.2, 0.25) is 0 Å². The van der Waals surface area contributed by atoms with Crippen LogP contribution in [0.1, 0.15) is 43.2 Å². The topological polar surface area (TPSA) is 38.3 Å². The Morgan fingerprint density at radius 1 is 0.960 bits per heavy atom. The molecule has 0 aromatic heterocycles. The van der Waals surface area contributed by atoms with Crippen LogP contribution in [0.25, 0.3) is 0 Å². The van der Waals surface area contributed by atoms with Gasteiger partial charge < -0.3 is 10.1 Å². The predicted octanol–water partition coefficient (Wildman–Crippen LogP) is 4.35. The fourth-order valence-corrected chi connectivity index (χ4v) is 3.45. The average Bonchev–Trinajstić information content (AvgIpc) is 2.67. The van der Waals surface area contributed by atoms with E-state index in [2.05, 4.69) is 23.5 Å². The van der Waals surface area contributed by atoms with Gasteiger partial charge in [-0.05, 0) is 36.0 Å². The fraction of sp³-hybridized carbons (Fsp3) is 0.409. The number of nitrogens with one attached hydrogen (secondary N) is 1. The zero-order valence-corrected chi connectivity index (χ0v) is 14.7. The maximum Gasteiger partial charge on any atom is 0.257 e. The summed E-state index contributed by atoms with van der Waals surface area (Å²) in [6.07, 6.45) is 7.21. The van der Waals surface area contributed by atoms with Crippen LogP contribution < -0.4 is 10.1 Å². The van der Waals surface area contributed by atoms with Gasteiger partial charge in [-0.3, -0.25) is 4.79 Å². The quantitative estimate of drug-likeness (QED) is 0.815. The lowest BCUT2D eigenvalue weighted by atomic mass is 9.89. The minimum atomic E-state index is -0.0277. The fourth-order valence-electron chi connectivity index (χ4n) is 3.45. The highest BCUT2D eigenvalue weighted by Crippen LogP contribution is 2.23. The minimum Gasteiger partial charge on any atom is -0.483 e. The average molecular weight is 337 g/mol. The molecule has 0 aliphatic heterocycles. The van der Waals surface area contributed by atoms with Crippen molar-refractivity contribution < 1.29 is 9.53 Å². The molecule has 0 spiro atoms. The Hall–Kier alpha value is -2.29. The molecule has 0 unspecified atom stereocenters. The first kappa shape index (κ1) is 17.5. The van der Waals surface area contributed by atoms with E-state index in [0.717, 1.165) is 24.3 Å². The van der Waals surface area contributed by atoms with E-state index in [0.29, 0.717) is 5.92 Å². The summed E-state index contributed by atoms with van der Waals surface area (Å²) in [4.78, 5) is 12.1. The van der Waals surface area contributed by atoms with Crippen molar-refractivity contribution >= 4 is 5.91 Å². The number of carbonyl (C=O) groups excluding carboxylic acids is 1. The van der Waals surface area contributed by atoms with E-state index in [9.17, 15) is 4.79 Å². The van der Waals surface area contributed by atoms with E-state index in [1.165, 1.54) is 37.7 Å². The van der Waals surface area contributed by atoms with Gasteiger partial charge in [-0.1, -0.05) is 67.8 Å². The largest absolute Gasteiger partial charge is 0.483 e. The molecule has 1 amide bonds. The zero-order valence-electron chi connectivity index (χ0n) is 14.7. The minimum absolute atomic E-state index is 0.0277. The van der Waals surface area contributed by atoms with Crippen molar-refractivity contribution in [1.29, 1.82) is 0 Å². The molecule has 1 saturated carbocycles. The van der Waals surface area contributed by atoms with E-state index >= 15 is 0 Å². The number of hydrogen-bond donors (Lipinski definition) is 1. The van der Waals surface area contributed by atoms with Crippen LogP contribution >= 0.6 is 0 Å². The summed E-state index contributed by atoms with van der Waals surface area (Å²) in [5.74, 6) is 1.40. The van der Waals surface area contributed by atoms with Gasteiger partial charge in [0.05, 0.1) is 0 Å². The first-order valence-corrected chi connectivity index (χ1v) is 9.32. The van der Waals surface area contributed by atoms with Gasteiger partial charge in [-0.25, -0.2) is 0 Å². The lowest BCUT2D eigenvalue weighted by Crippen LogP contribution is -2.33. The van der Waals surface area contributed by atoms with Crippen LogP contribution in [0.2, 0.25) is 0 Å². The Morgan fingerprint density at radius 3 is 2.48 bits per heavy atom. The van der Waals surface area contributed by atoms with Gasteiger partial charge in [-0.15, -0.1) is 0 Å². The van der Waals surface area contributed by atoms with Crippen molar-refractivity contribution in [3.63, 3.8) is 0 Å². The van der Waals surface area contributed by atoms with E-state index in [-0.39, 0.29) is 12.5 Å². The molecule has 3 rings (SSSR count). The molecule has 0 radical (unpaired) electrons. The second-order valence-corrected chi connectivity index (χ2v) is 6.87. The number of para-hydroxylation sites is 1. The van der Waals surface area contributed by atoms with Gasteiger partial charge in [0, 0.05) is 13.0 Å². The molecule has 132 valence electrons. The summed E-state index contributed by atoms with van der Waals surface area (Å²) in [6.45, 7) is 0.867. The Labute approximate surface area is 150 Å². The van der Waals surface area contributed by atoms with Crippen LogP contribution in [0.3, 0.4) is 0 Å². The van der Waals surface area contributed by atoms with E-state index in [1.54, 1.807) is 0 Å². The van der Waals surface area contributed by atoms with Crippen LogP contribution in [-0.4, -0.2) is 19.1 Å². The summed E-state index contributed by atoms with van der Waals surface area (Å²) in [6, 6.07) is 18.3. The molecule has 2 aromatic carbocycles. The molecule has 1 aliphatic carbocycles. The van der Waals surface area contributed by atoms with Crippen LogP contribution in [0.15, 0.2) is 54.6 Å². The highest BCUT2D eigenvalue weighted by molar-refractivity contribution is 5.77. The molecule has 1 fully saturated rings. The number of hydrogen-bond acceptors (Lipinski definition) is 2. The maximum absolute atomic E-state index is 12.1. The highest BCUT2D eigenvalue weighted by atomic mass is 16.5. The summed E-state index contributed by atoms with van der Waals surface area (Å²) >= 11 is 0. The number of benzene rings is 2. The first-order valence-electron chi connectivity index (χ1n) is 9.32. The molecule has 0 bridgehead atoms. The van der Waals surface area contributed by atoms with Gasteiger partial charge in [0.1, 0.15) is 5.75 Å². The Morgan fingerprint density at radius 2 is 1.68 bits per heavy atom. The third-order valence-electron chi connectivity index (χ3n) is 4.88. The van der Waals surface area contributed by atoms with Gasteiger partial charge >= 0.3 is 0 Å². The summed E-state index contributed by atoms with van der Waals surface area (Å²) in [7, 11) is 0. The standard InChI is InChI=1S/C22H27NO2/c24-22(23-16-19-11-5-2-6-12-19)17-25-21-14-8-7-13-20(21)15-18-9-3-1-4-10-18/h1,3-4,7-10,13-14,19H,2,5-6,11-12,15-17H2,(H,23,24). The lowest BCUT2D eigenvalue weighted by molar-refractivity contribution is -0.123. The van der Waals surface area contributed by atoms with Crippen molar-refractivity contribution in [1.82, 2.24) is 5.32 Å². The van der Waals surface area contributed by atoms with Gasteiger partial charge in [0.25, 0.3) is 5.91 Å². The van der Waals surface area contributed by atoms with Crippen molar-refractivity contribution in [2.45, 2.75) is 38.5 Å². The van der Waals surface area contributed by atoms with Crippen LogP contribution in [-0.2, 0) is 11.2 Å². The molecule has 3 heteroatoms. The third kappa shape index (κ3) is 5.63. The smallest absolute Gasteiger partial charge is 0.257 e. The van der Waals surface area contributed by atoms with E-state index in [1.807, 2.05) is 36.4 Å². The van der Waals surface area contributed by atoms with Crippen LogP contribution in [0.5, 0.6) is 5.75 Å². The Bertz CT molecular complexity index is 663. The van der Waals surface area contributed by atoms with Crippen molar-refractivity contribution in [2.75, 3.05) is 13.2 Å². The summed E-state index contributed by atoms with van der Waals surface area (Å²) < 4.78 is 5.80. The van der Waals surface area contributed by atoms with Crippen molar-refractivity contribution in [2.24, 2.45) is 5.92 Å². The maximum atomic E-state index is 12.1. The van der Waals surface area contributed by atoms with Crippen LogP contribution in [0, 0.1) is 5.92 Å². The van der Waals surface area contributed by atoms with Crippen molar-refractivity contribution in [3.05, 3.63) is 65.7 Å². The first-order chi connectivity index (χ1) is 12.3. The predicted molar refractivity (Wildman–Crippen MR) is 101 cm³/mol. The summed E-state index contributed by atoms with van der Waals surface area (Å²) in [5, 5.41) is 3.03. The molecule has 0 saturated heterocycles. The molecule has 0 atom stereocenters. The molecule has 0 heterocycles. The molecular formula is C22H27NO2. The van der Waals surface area contributed by atoms with E-state index < -0.39 is 0 Å². The summed E-state index contributed by atoms with van der Waals surface area (Å²) in [5.41, 5.74) is 2.34. The zero-order chi connectivity index (χ0) is 17.3. The lowest BCUT2D eigenvalue weighted by Gasteiger charge is -2.21. The second kappa shape index (κ2) is 9.26. The SMILES string of the molecule is O=C(COc1ccccc1Cc1ccccc1)NCC1CCCCC1. The van der Waals surface area contributed by atoms with E-state index in [4.69, 9.17) is 4.74 Å². The van der Waals surface area contributed by atoms with Gasteiger partial charge in [0.15, 0.2) is 6.61 Å². The van der Waals surface area contributed by atoms with Crippen molar-refractivity contribution in [3.8, 4) is 5.75 Å². The Balaban J connectivity index is 1.49. The molecule has 1 N–H and O–H groups in total. The Kier molecular flexibility index (Phi) is 6.49. The normalized spacial score (nSPS) is 14.9. The molecule has 1 aliphatic rings. The van der Waals surface area contributed by atoms with Gasteiger partial charge in [-0.2, -0.15) is 0 Å². The number of carbonyl (C=O) groups is 1.